The van der Waals surface area contributed by atoms with Crippen molar-refractivity contribution in [3.63, 3.8) is 0 Å². The summed E-state index contributed by atoms with van der Waals surface area (Å²) in [7, 11) is -1.95. The second kappa shape index (κ2) is 11.9. The minimum atomic E-state index is -3.49. The van der Waals surface area contributed by atoms with Crippen molar-refractivity contribution in [1.29, 1.82) is 0 Å². The van der Waals surface area contributed by atoms with Crippen LogP contribution >= 0.6 is 11.8 Å². The van der Waals surface area contributed by atoms with Crippen LogP contribution in [0.2, 0.25) is 0 Å². The van der Waals surface area contributed by atoms with Crippen LogP contribution in [0, 0.1) is 0 Å². The maximum atomic E-state index is 13.6. The molecule has 0 fully saturated rings. The van der Waals surface area contributed by atoms with Gasteiger partial charge in [-0.1, -0.05) is 30.3 Å². The number of aromatic nitrogens is 1. The molecule has 3 N–H and O–H groups in total. The average Bonchev–Trinajstić information content (AvgIpc) is 3.22. The molecule has 8 nitrogen and oxygen atoms in total. The molecule has 1 amide bonds. The van der Waals surface area contributed by atoms with E-state index in [-0.39, 0.29) is 11.7 Å². The van der Waals surface area contributed by atoms with Crippen molar-refractivity contribution in [3.05, 3.63) is 65.4 Å². The number of hydrogen-bond acceptors (Lipinski definition) is 6. The number of nitrogens with zero attached hydrogens (tertiary/aromatic N) is 2. The zero-order valence-corrected chi connectivity index (χ0v) is 23.2. The average molecular weight is 545 g/mol. The van der Waals surface area contributed by atoms with Gasteiger partial charge in [0.05, 0.1) is 29.1 Å². The quantitative estimate of drug-likeness (QED) is 0.321. The molecule has 1 aliphatic heterocycles. The van der Waals surface area contributed by atoms with E-state index >= 15 is 0 Å². The van der Waals surface area contributed by atoms with Crippen LogP contribution in [0.15, 0.2) is 48.7 Å². The maximum absolute atomic E-state index is 13.6. The van der Waals surface area contributed by atoms with Crippen LogP contribution in [-0.4, -0.2) is 74.0 Å². The molecule has 10 heteroatoms. The zero-order chi connectivity index (χ0) is 26.6. The summed E-state index contributed by atoms with van der Waals surface area (Å²) in [4.78, 5) is 13.6. The highest BCUT2D eigenvalue weighted by Crippen LogP contribution is 2.36. The summed E-state index contributed by atoms with van der Waals surface area (Å²) in [5, 5.41) is 18.2. The van der Waals surface area contributed by atoms with E-state index in [1.165, 1.54) is 4.31 Å². The number of nitrogens with one attached hydrogen (secondary N) is 2. The Bertz CT molecular complexity index is 1340. The first-order valence-electron chi connectivity index (χ1n) is 12.6. The van der Waals surface area contributed by atoms with Crippen molar-refractivity contribution in [1.82, 2.24) is 15.2 Å². The highest BCUT2D eigenvalue weighted by atomic mass is 32.2. The van der Waals surface area contributed by atoms with E-state index < -0.39 is 22.2 Å². The summed E-state index contributed by atoms with van der Waals surface area (Å²) >= 11 is 1.72. The number of aliphatic hydroxyl groups is 1. The van der Waals surface area contributed by atoms with E-state index in [9.17, 15) is 18.3 Å². The first-order valence-corrected chi connectivity index (χ1v) is 15.6. The molecule has 0 spiro atoms. The van der Waals surface area contributed by atoms with E-state index in [2.05, 4.69) is 15.2 Å². The smallest absolute Gasteiger partial charge is 0.251 e. The Hall–Kier alpha value is -2.53. The first-order chi connectivity index (χ1) is 17.7. The summed E-state index contributed by atoms with van der Waals surface area (Å²) in [6, 6.07) is 12.7. The molecule has 2 aromatic carbocycles. The monoisotopic (exact) mass is 544 g/mol. The standard InChI is InChI=1S/C27H36N4O4S2/c1-4-31-18-20-10-13-37(34,35)30(2)23-15-21(16-24(31)26(20)23)27(33)29-22(14-19-8-6-5-7-9-19)25(32)17-28-11-12-36-3/h5-9,15-16,18,22,25,28,32H,4,10-14,17H2,1-3H3,(H,29,33)/t22-,25+/m0/s1. The van der Waals surface area contributed by atoms with Crippen molar-refractivity contribution in [2.24, 2.45) is 0 Å². The largest absolute Gasteiger partial charge is 0.390 e. The number of aliphatic hydroxyl groups excluding tert-OH is 1. The van der Waals surface area contributed by atoms with Gasteiger partial charge in [-0.3, -0.25) is 9.10 Å². The lowest BCUT2D eigenvalue weighted by Crippen LogP contribution is -2.49. The first kappa shape index (κ1) is 27.5. The molecule has 37 heavy (non-hydrogen) atoms. The SMILES string of the molecule is CCn1cc2c3c(cc(C(=O)N[C@@H](Cc4ccccc4)[C@H](O)CNCCSC)cc31)N(C)S(=O)(=O)CC2. The molecule has 2 heterocycles. The van der Waals surface area contributed by atoms with Crippen LogP contribution in [0.1, 0.15) is 28.4 Å². The number of sulfonamides is 1. The van der Waals surface area contributed by atoms with Crippen LogP contribution in [0.25, 0.3) is 10.9 Å². The molecule has 0 aliphatic carbocycles. The topological polar surface area (TPSA) is 104 Å². The van der Waals surface area contributed by atoms with Gasteiger partial charge in [0.25, 0.3) is 5.91 Å². The lowest BCUT2D eigenvalue weighted by Gasteiger charge is -2.25. The van der Waals surface area contributed by atoms with Gasteiger partial charge in [-0.25, -0.2) is 8.42 Å². The third-order valence-electron chi connectivity index (χ3n) is 6.94. The number of rotatable bonds is 11. The van der Waals surface area contributed by atoms with Gasteiger partial charge < -0.3 is 20.3 Å². The summed E-state index contributed by atoms with van der Waals surface area (Å²) in [5.41, 5.74) is 3.70. The Balaban J connectivity index is 1.66. The van der Waals surface area contributed by atoms with Crippen molar-refractivity contribution in [3.8, 4) is 0 Å². The van der Waals surface area contributed by atoms with Gasteiger partial charge in [0, 0.05) is 49.6 Å². The fourth-order valence-electron chi connectivity index (χ4n) is 4.82. The summed E-state index contributed by atoms with van der Waals surface area (Å²) in [6.07, 6.45) is 4.13. The maximum Gasteiger partial charge on any atom is 0.251 e. The van der Waals surface area contributed by atoms with Crippen LogP contribution in [0.3, 0.4) is 0 Å². The Morgan fingerprint density at radius 3 is 2.68 bits per heavy atom. The van der Waals surface area contributed by atoms with Gasteiger partial charge in [0.2, 0.25) is 10.0 Å². The van der Waals surface area contributed by atoms with E-state index in [4.69, 9.17) is 0 Å². The number of hydrogen-bond donors (Lipinski definition) is 3. The molecule has 0 radical (unpaired) electrons. The molecule has 0 saturated carbocycles. The lowest BCUT2D eigenvalue weighted by molar-refractivity contribution is 0.0832. The molecule has 200 valence electrons. The number of carbonyl (C=O) groups is 1. The number of amides is 1. The number of thioether (sulfide) groups is 1. The van der Waals surface area contributed by atoms with Gasteiger partial charge in [0.15, 0.2) is 0 Å². The zero-order valence-electron chi connectivity index (χ0n) is 21.6. The molecule has 1 aromatic heterocycles. The highest BCUT2D eigenvalue weighted by Gasteiger charge is 2.29. The van der Waals surface area contributed by atoms with Crippen molar-refractivity contribution >= 4 is 44.3 Å². The fraction of sp³-hybridized carbons (Fsp3) is 0.444. The molecule has 4 rings (SSSR count). The van der Waals surface area contributed by atoms with Gasteiger partial charge in [-0.05, 0) is 49.3 Å². The predicted molar refractivity (Wildman–Crippen MR) is 152 cm³/mol. The van der Waals surface area contributed by atoms with Crippen molar-refractivity contribution in [2.45, 2.75) is 38.5 Å². The minimum Gasteiger partial charge on any atom is -0.390 e. The highest BCUT2D eigenvalue weighted by molar-refractivity contribution is 7.98. The second-order valence-corrected chi connectivity index (χ2v) is 12.5. The van der Waals surface area contributed by atoms with E-state index in [0.29, 0.717) is 37.2 Å². The third kappa shape index (κ3) is 6.14. The van der Waals surface area contributed by atoms with Gasteiger partial charge in [0.1, 0.15) is 0 Å². The van der Waals surface area contributed by atoms with E-state index in [1.807, 2.05) is 55.8 Å². The minimum absolute atomic E-state index is 0.0252. The number of anilines is 1. The number of aryl methyl sites for hydroxylation is 2. The Morgan fingerprint density at radius 2 is 1.97 bits per heavy atom. The number of carbonyl (C=O) groups excluding carboxylic acids is 1. The molecule has 0 saturated heterocycles. The predicted octanol–water partition coefficient (Wildman–Crippen LogP) is 2.64. The van der Waals surface area contributed by atoms with Gasteiger partial charge >= 0.3 is 0 Å². The normalized spacial score (nSPS) is 16.4. The molecule has 1 aliphatic rings. The summed E-state index contributed by atoms with van der Waals surface area (Å²) in [6.45, 7) is 3.85. The summed E-state index contributed by atoms with van der Waals surface area (Å²) in [5.74, 6) is 0.612. The molecular formula is C27H36N4O4S2. The van der Waals surface area contributed by atoms with Gasteiger partial charge in [-0.15, -0.1) is 0 Å². The Morgan fingerprint density at radius 1 is 1.22 bits per heavy atom. The van der Waals surface area contributed by atoms with E-state index in [0.717, 1.165) is 34.3 Å². The van der Waals surface area contributed by atoms with Crippen LogP contribution in [0.4, 0.5) is 5.69 Å². The lowest BCUT2D eigenvalue weighted by atomic mass is 10.00. The molecule has 0 unspecified atom stereocenters. The molecule has 0 bridgehead atoms. The van der Waals surface area contributed by atoms with Crippen LogP contribution < -0.4 is 14.9 Å². The van der Waals surface area contributed by atoms with Gasteiger partial charge in [-0.2, -0.15) is 11.8 Å². The van der Waals surface area contributed by atoms with Crippen molar-refractivity contribution in [2.75, 3.05) is 42.2 Å². The Labute approximate surface area is 223 Å². The van der Waals surface area contributed by atoms with E-state index in [1.54, 1.807) is 24.9 Å². The Kier molecular flexibility index (Phi) is 8.84. The van der Waals surface area contributed by atoms with Crippen molar-refractivity contribution < 1.29 is 18.3 Å². The summed E-state index contributed by atoms with van der Waals surface area (Å²) < 4.78 is 29.0. The van der Waals surface area contributed by atoms with Crippen LogP contribution in [0.5, 0.6) is 0 Å². The molecule has 3 aromatic rings. The van der Waals surface area contributed by atoms with Crippen LogP contribution in [-0.2, 0) is 29.4 Å². The molecule has 2 atom stereocenters. The molecular weight excluding hydrogens is 508 g/mol. The number of benzene rings is 2. The second-order valence-electron chi connectivity index (χ2n) is 9.40. The fourth-order valence-corrected chi connectivity index (χ4v) is 6.36. The third-order valence-corrected chi connectivity index (χ3v) is 9.31.